The van der Waals surface area contributed by atoms with Crippen LogP contribution in [0.1, 0.15) is 17.0 Å². The van der Waals surface area contributed by atoms with Crippen LogP contribution in [0.15, 0.2) is 47.3 Å². The van der Waals surface area contributed by atoms with E-state index in [1.807, 2.05) is 36.4 Å². The van der Waals surface area contributed by atoms with E-state index in [4.69, 9.17) is 14.2 Å². The average molecular weight is 480 g/mol. The first-order valence-electron chi connectivity index (χ1n) is 11.4. The van der Waals surface area contributed by atoms with Crippen molar-refractivity contribution in [1.29, 1.82) is 0 Å². The quantitative estimate of drug-likeness (QED) is 0.304. The van der Waals surface area contributed by atoms with Gasteiger partial charge in [-0.3, -0.25) is 4.79 Å². The minimum atomic E-state index is -0.178. The number of ether oxygens (including phenoxy) is 3. The molecule has 3 heterocycles. The summed E-state index contributed by atoms with van der Waals surface area (Å²) < 4.78 is 18.2. The van der Waals surface area contributed by atoms with Crippen LogP contribution < -0.4 is 24.7 Å². The van der Waals surface area contributed by atoms with Gasteiger partial charge in [0.25, 0.3) is 5.56 Å². The molecular weight excluding hydrogens is 452 g/mol. The number of H-pyrrole nitrogens is 1. The minimum absolute atomic E-state index is 0.0282. The topological polar surface area (TPSA) is 129 Å². The molecule has 1 atom stereocenters. The normalized spacial score (nSPS) is 13.7. The molecule has 3 N–H and O–H groups in total. The Labute approximate surface area is 200 Å². The fourth-order valence-electron chi connectivity index (χ4n) is 4.19. The van der Waals surface area contributed by atoms with E-state index in [-0.39, 0.29) is 12.2 Å². The van der Waals surface area contributed by atoms with Gasteiger partial charge in [-0.2, -0.15) is 0 Å². The number of hydrogen-bond donors (Lipinski definition) is 3. The first-order valence-corrected chi connectivity index (χ1v) is 11.4. The van der Waals surface area contributed by atoms with Gasteiger partial charge in [-0.05, 0) is 40.3 Å². The second-order valence-corrected chi connectivity index (χ2v) is 8.38. The highest BCUT2D eigenvalue weighted by Gasteiger charge is 2.19. The number of benzene rings is 2. The van der Waals surface area contributed by atoms with Gasteiger partial charge in [-0.25, -0.2) is 4.68 Å². The molecule has 2 aromatic carbocycles. The standard InChI is InChI=1S/C24H26N6O5/c1-33-19-4-2-16(3-5-19)13-30-23(26-27-28-30)15-29(6-7-31)14-18-10-17-11-21-22(35-9-8-34-21)12-20(17)25-24(18)32/h2-5,10-12,31H,6-9,13-15H2,1H3,(H,25,32)/p+1. The van der Waals surface area contributed by atoms with Crippen LogP contribution in [0.2, 0.25) is 0 Å². The van der Waals surface area contributed by atoms with Gasteiger partial charge in [0.2, 0.25) is 5.82 Å². The molecule has 35 heavy (non-hydrogen) atoms. The summed E-state index contributed by atoms with van der Waals surface area (Å²) in [6.45, 7) is 2.74. The van der Waals surface area contributed by atoms with E-state index < -0.39 is 0 Å². The van der Waals surface area contributed by atoms with Gasteiger partial charge in [-0.1, -0.05) is 12.1 Å². The summed E-state index contributed by atoms with van der Waals surface area (Å²) in [6, 6.07) is 13.2. The fraction of sp³-hybridized carbons (Fsp3) is 0.333. The van der Waals surface area contributed by atoms with Crippen LogP contribution in [0.3, 0.4) is 0 Å². The number of aliphatic hydroxyl groups excluding tert-OH is 1. The number of pyridine rings is 1. The predicted octanol–water partition coefficient (Wildman–Crippen LogP) is -0.0799. The van der Waals surface area contributed by atoms with E-state index in [9.17, 15) is 9.90 Å². The average Bonchev–Trinajstić information content (AvgIpc) is 3.30. The zero-order valence-electron chi connectivity index (χ0n) is 19.4. The molecule has 11 heteroatoms. The number of methoxy groups -OCH3 is 1. The summed E-state index contributed by atoms with van der Waals surface area (Å²) in [5, 5.41) is 22.7. The molecule has 0 radical (unpaired) electrons. The molecule has 1 aliphatic heterocycles. The highest BCUT2D eigenvalue weighted by molar-refractivity contribution is 5.83. The van der Waals surface area contributed by atoms with Crippen molar-refractivity contribution in [2.45, 2.75) is 19.6 Å². The number of nitrogens with one attached hydrogen (secondary N) is 2. The first-order chi connectivity index (χ1) is 17.1. The molecule has 0 fully saturated rings. The molecule has 0 bridgehead atoms. The number of hydrogen-bond acceptors (Lipinski definition) is 8. The highest BCUT2D eigenvalue weighted by atomic mass is 16.6. The van der Waals surface area contributed by atoms with Gasteiger partial charge in [0.1, 0.15) is 38.6 Å². The van der Waals surface area contributed by atoms with Crippen molar-refractivity contribution in [1.82, 2.24) is 25.2 Å². The first kappa shape index (κ1) is 22.8. The van der Waals surface area contributed by atoms with Crippen molar-refractivity contribution in [3.63, 3.8) is 0 Å². The molecule has 4 aromatic rings. The summed E-state index contributed by atoms with van der Waals surface area (Å²) in [5.74, 6) is 2.74. The zero-order chi connectivity index (χ0) is 24.2. The third-order valence-electron chi connectivity index (χ3n) is 6.00. The van der Waals surface area contributed by atoms with Crippen molar-refractivity contribution in [3.8, 4) is 17.2 Å². The second kappa shape index (κ2) is 10.1. The second-order valence-electron chi connectivity index (χ2n) is 8.38. The van der Waals surface area contributed by atoms with E-state index in [0.717, 1.165) is 21.6 Å². The third-order valence-corrected chi connectivity index (χ3v) is 6.00. The number of nitrogens with zero attached hydrogens (tertiary/aromatic N) is 4. The monoisotopic (exact) mass is 479 g/mol. The van der Waals surface area contributed by atoms with Crippen molar-refractivity contribution in [2.24, 2.45) is 0 Å². The van der Waals surface area contributed by atoms with Gasteiger partial charge < -0.3 is 29.2 Å². The SMILES string of the molecule is COc1ccc(Cn2nnnc2C[NH+](CCO)Cc2cc3cc4c(cc3[nH]c2=O)OCCO4)cc1. The lowest BCUT2D eigenvalue weighted by Gasteiger charge is -2.20. The molecular formula is C24H27N6O5+. The summed E-state index contributed by atoms with van der Waals surface area (Å²) in [7, 11) is 1.63. The number of rotatable bonds is 9. The zero-order valence-corrected chi connectivity index (χ0v) is 19.4. The largest absolute Gasteiger partial charge is 0.497 e. The summed E-state index contributed by atoms with van der Waals surface area (Å²) in [5.41, 5.74) is 2.15. The van der Waals surface area contributed by atoms with Crippen molar-refractivity contribution in [3.05, 3.63) is 69.8 Å². The lowest BCUT2D eigenvalue weighted by atomic mass is 10.1. The summed E-state index contributed by atoms with van der Waals surface area (Å²) >= 11 is 0. The lowest BCUT2D eigenvalue weighted by Crippen LogP contribution is -3.10. The number of aromatic nitrogens is 5. The van der Waals surface area contributed by atoms with Gasteiger partial charge in [0, 0.05) is 11.5 Å². The lowest BCUT2D eigenvalue weighted by molar-refractivity contribution is -0.928. The van der Waals surface area contributed by atoms with Gasteiger partial charge in [-0.15, -0.1) is 5.10 Å². The molecule has 0 saturated heterocycles. The summed E-state index contributed by atoms with van der Waals surface area (Å²) in [6.07, 6.45) is 0. The Morgan fingerprint density at radius 2 is 1.89 bits per heavy atom. The molecule has 2 aromatic heterocycles. The van der Waals surface area contributed by atoms with Crippen molar-refractivity contribution < 1.29 is 24.2 Å². The highest BCUT2D eigenvalue weighted by Crippen LogP contribution is 2.33. The number of aliphatic hydroxyl groups is 1. The fourth-order valence-corrected chi connectivity index (χ4v) is 4.19. The number of tetrazole rings is 1. The number of quaternary nitrogens is 1. The maximum absolute atomic E-state index is 12.8. The molecule has 0 saturated carbocycles. The Balaban J connectivity index is 1.35. The van der Waals surface area contributed by atoms with E-state index in [1.165, 1.54) is 0 Å². The Bertz CT molecular complexity index is 1370. The maximum Gasteiger partial charge on any atom is 0.257 e. The van der Waals surface area contributed by atoms with E-state index in [2.05, 4.69) is 20.5 Å². The molecule has 0 spiro atoms. The Hall–Kier alpha value is -3.96. The smallest absolute Gasteiger partial charge is 0.257 e. The Kier molecular flexibility index (Phi) is 6.59. The van der Waals surface area contributed by atoms with Crippen molar-refractivity contribution in [2.75, 3.05) is 33.5 Å². The van der Waals surface area contributed by atoms with Crippen LogP contribution in [-0.4, -0.2) is 63.8 Å². The van der Waals surface area contributed by atoms with Crippen LogP contribution in [0.5, 0.6) is 17.2 Å². The third kappa shape index (κ3) is 5.10. The molecule has 11 nitrogen and oxygen atoms in total. The Morgan fingerprint density at radius 1 is 1.11 bits per heavy atom. The molecule has 5 rings (SSSR count). The van der Waals surface area contributed by atoms with E-state index in [0.29, 0.717) is 67.8 Å². The van der Waals surface area contributed by atoms with Crippen LogP contribution in [0.4, 0.5) is 0 Å². The molecule has 1 unspecified atom stereocenters. The molecule has 182 valence electrons. The van der Waals surface area contributed by atoms with Gasteiger partial charge in [0.15, 0.2) is 11.5 Å². The van der Waals surface area contributed by atoms with E-state index in [1.54, 1.807) is 17.9 Å². The van der Waals surface area contributed by atoms with Gasteiger partial charge >= 0.3 is 0 Å². The molecule has 1 aliphatic rings. The van der Waals surface area contributed by atoms with E-state index >= 15 is 0 Å². The number of fused-ring (bicyclic) bond motifs is 2. The van der Waals surface area contributed by atoms with Crippen molar-refractivity contribution >= 4 is 10.9 Å². The number of aromatic amines is 1. The predicted molar refractivity (Wildman–Crippen MR) is 126 cm³/mol. The molecule has 0 amide bonds. The van der Waals surface area contributed by atoms with Crippen LogP contribution in [0, 0.1) is 0 Å². The minimum Gasteiger partial charge on any atom is -0.497 e. The maximum atomic E-state index is 12.8. The van der Waals surface area contributed by atoms with Crippen LogP contribution in [-0.2, 0) is 19.6 Å². The summed E-state index contributed by atoms with van der Waals surface area (Å²) in [4.78, 5) is 16.7. The Morgan fingerprint density at radius 3 is 2.63 bits per heavy atom. The van der Waals surface area contributed by atoms with Crippen LogP contribution in [0.25, 0.3) is 10.9 Å². The molecule has 0 aliphatic carbocycles. The van der Waals surface area contributed by atoms with Gasteiger partial charge in [0.05, 0.1) is 31.3 Å². The van der Waals surface area contributed by atoms with Crippen LogP contribution >= 0.6 is 0 Å².